The number of nitrogens with two attached hydrogens (primary N) is 1. The van der Waals surface area contributed by atoms with E-state index in [1.54, 1.807) is 0 Å². The van der Waals surface area contributed by atoms with E-state index >= 15 is 0 Å². The van der Waals surface area contributed by atoms with E-state index in [0.29, 0.717) is 12.5 Å². The van der Waals surface area contributed by atoms with Crippen LogP contribution in [0.4, 0.5) is 0 Å². The quantitative estimate of drug-likeness (QED) is 0.669. The van der Waals surface area contributed by atoms with E-state index in [1.807, 2.05) is 6.08 Å². The van der Waals surface area contributed by atoms with Crippen molar-refractivity contribution in [2.24, 2.45) is 5.73 Å². The van der Waals surface area contributed by atoms with Gasteiger partial charge in [-0.25, -0.2) is 0 Å². The molecule has 0 bridgehead atoms. The van der Waals surface area contributed by atoms with Crippen LogP contribution in [0.5, 0.6) is 0 Å². The monoisotopic (exact) mass is 287 g/mol. The number of hydrogen-bond donors (Lipinski definition) is 1. The highest BCUT2D eigenvalue weighted by Crippen LogP contribution is 2.19. The third-order valence-corrected chi connectivity index (χ3v) is 2.80. The maximum absolute atomic E-state index is 5.68. The molecule has 1 nitrogen and oxygen atoms in total. The molecule has 1 aromatic carbocycles. The Labute approximate surface area is 93.2 Å². The molecule has 0 aliphatic rings. The topological polar surface area (TPSA) is 26.0 Å². The molecule has 2 heteroatoms. The number of benzene rings is 1. The first-order valence-electron chi connectivity index (χ1n) is 4.34. The van der Waals surface area contributed by atoms with Crippen LogP contribution in [0.3, 0.4) is 0 Å². The van der Waals surface area contributed by atoms with Gasteiger partial charge in [0.2, 0.25) is 0 Å². The summed E-state index contributed by atoms with van der Waals surface area (Å²) in [6.07, 6.45) is 2.88. The highest BCUT2D eigenvalue weighted by molar-refractivity contribution is 14.1. The fraction of sp³-hybridized carbons (Fsp3) is 0.273. The Morgan fingerprint density at radius 1 is 1.38 bits per heavy atom. The molecule has 0 aliphatic carbocycles. The smallest absolute Gasteiger partial charge is 0.0130 e. The molecule has 2 N–H and O–H groups in total. The predicted molar refractivity (Wildman–Crippen MR) is 65.8 cm³/mol. The largest absolute Gasteiger partial charge is 0.330 e. The molecule has 0 aliphatic heterocycles. The van der Waals surface area contributed by atoms with E-state index in [9.17, 15) is 0 Å². The van der Waals surface area contributed by atoms with Crippen molar-refractivity contribution in [2.75, 3.05) is 6.54 Å². The summed E-state index contributed by atoms with van der Waals surface area (Å²) in [4.78, 5) is 0. The van der Waals surface area contributed by atoms with Gasteiger partial charge in [0.05, 0.1) is 0 Å². The van der Waals surface area contributed by atoms with Crippen LogP contribution in [-0.2, 0) is 0 Å². The van der Waals surface area contributed by atoms with E-state index in [0.717, 1.165) is 6.42 Å². The van der Waals surface area contributed by atoms with Crippen LogP contribution in [0, 0.1) is 3.57 Å². The third-order valence-electron chi connectivity index (χ3n) is 2.08. The Balaban J connectivity index is 2.78. The zero-order valence-electron chi connectivity index (χ0n) is 7.54. The van der Waals surface area contributed by atoms with Crippen molar-refractivity contribution in [3.63, 3.8) is 0 Å². The lowest BCUT2D eigenvalue weighted by molar-refractivity contribution is 0.711. The van der Waals surface area contributed by atoms with Crippen LogP contribution in [0.1, 0.15) is 17.9 Å². The summed E-state index contributed by atoms with van der Waals surface area (Å²) in [6.45, 7) is 4.42. The van der Waals surface area contributed by atoms with Gasteiger partial charge in [0, 0.05) is 3.57 Å². The summed E-state index contributed by atoms with van der Waals surface area (Å²) >= 11 is 2.30. The van der Waals surface area contributed by atoms with Gasteiger partial charge in [0.25, 0.3) is 0 Å². The van der Waals surface area contributed by atoms with Crippen molar-refractivity contribution in [3.8, 4) is 0 Å². The molecule has 0 saturated carbocycles. The van der Waals surface area contributed by atoms with E-state index < -0.39 is 0 Å². The third kappa shape index (κ3) is 3.12. The molecule has 0 aromatic heterocycles. The maximum Gasteiger partial charge on any atom is 0.0130 e. The molecule has 1 atom stereocenters. The normalized spacial score (nSPS) is 12.5. The molecule has 1 aromatic rings. The summed E-state index contributed by atoms with van der Waals surface area (Å²) in [6, 6.07) is 8.51. The summed E-state index contributed by atoms with van der Waals surface area (Å²) in [5.41, 5.74) is 6.99. The molecule has 0 radical (unpaired) electrons. The molecule has 0 spiro atoms. The van der Waals surface area contributed by atoms with Crippen LogP contribution in [0.2, 0.25) is 0 Å². The molecule has 0 heterocycles. The first kappa shape index (κ1) is 10.7. The summed E-state index contributed by atoms with van der Waals surface area (Å²) in [7, 11) is 0. The van der Waals surface area contributed by atoms with Gasteiger partial charge in [-0.15, -0.1) is 6.58 Å². The average Bonchev–Trinajstić information content (AvgIpc) is 2.16. The highest BCUT2D eigenvalue weighted by Gasteiger charge is 2.06. The fourth-order valence-corrected chi connectivity index (χ4v) is 1.66. The Kier molecular flexibility index (Phi) is 4.45. The van der Waals surface area contributed by atoms with Gasteiger partial charge >= 0.3 is 0 Å². The molecular weight excluding hydrogens is 273 g/mol. The van der Waals surface area contributed by atoms with Crippen molar-refractivity contribution < 1.29 is 0 Å². The number of allylic oxidation sites excluding steroid dienone is 1. The molecule has 0 amide bonds. The Bertz CT molecular complexity index is 266. The molecule has 13 heavy (non-hydrogen) atoms. The first-order chi connectivity index (χ1) is 6.27. The predicted octanol–water partition coefficient (Wildman–Crippen LogP) is 2.91. The van der Waals surface area contributed by atoms with Gasteiger partial charge in [-0.05, 0) is 59.2 Å². The van der Waals surface area contributed by atoms with Crippen molar-refractivity contribution >= 4 is 22.6 Å². The van der Waals surface area contributed by atoms with Crippen LogP contribution in [0.15, 0.2) is 36.9 Å². The Hall–Kier alpha value is -0.350. The van der Waals surface area contributed by atoms with Crippen molar-refractivity contribution in [1.29, 1.82) is 0 Å². The van der Waals surface area contributed by atoms with E-state index in [2.05, 4.69) is 53.4 Å². The Morgan fingerprint density at radius 2 is 2.00 bits per heavy atom. The molecule has 0 fully saturated rings. The second-order valence-corrected chi connectivity index (χ2v) is 4.25. The minimum Gasteiger partial charge on any atom is -0.330 e. The molecule has 0 saturated heterocycles. The zero-order valence-corrected chi connectivity index (χ0v) is 9.70. The van der Waals surface area contributed by atoms with Gasteiger partial charge < -0.3 is 5.73 Å². The molecular formula is C11H14IN. The summed E-state index contributed by atoms with van der Waals surface area (Å²) in [5.74, 6) is 0.425. The van der Waals surface area contributed by atoms with E-state index in [-0.39, 0.29) is 0 Å². The van der Waals surface area contributed by atoms with E-state index in [1.165, 1.54) is 9.13 Å². The van der Waals surface area contributed by atoms with Crippen molar-refractivity contribution in [3.05, 3.63) is 46.1 Å². The van der Waals surface area contributed by atoms with Crippen molar-refractivity contribution in [2.45, 2.75) is 12.3 Å². The summed E-state index contributed by atoms with van der Waals surface area (Å²) < 4.78 is 1.26. The van der Waals surface area contributed by atoms with Crippen LogP contribution >= 0.6 is 22.6 Å². The average molecular weight is 287 g/mol. The number of rotatable bonds is 4. The van der Waals surface area contributed by atoms with Crippen LogP contribution < -0.4 is 5.73 Å². The second-order valence-electron chi connectivity index (χ2n) is 3.01. The maximum atomic E-state index is 5.68. The minimum atomic E-state index is 0.425. The van der Waals surface area contributed by atoms with Crippen LogP contribution in [0.25, 0.3) is 0 Å². The first-order valence-corrected chi connectivity index (χ1v) is 5.42. The van der Waals surface area contributed by atoms with Gasteiger partial charge in [-0.3, -0.25) is 0 Å². The molecule has 0 unspecified atom stereocenters. The van der Waals surface area contributed by atoms with E-state index in [4.69, 9.17) is 5.73 Å². The fourth-order valence-electron chi connectivity index (χ4n) is 1.30. The molecule has 70 valence electrons. The van der Waals surface area contributed by atoms with Gasteiger partial charge in [-0.2, -0.15) is 0 Å². The number of hydrogen-bond acceptors (Lipinski definition) is 1. The Morgan fingerprint density at radius 3 is 2.46 bits per heavy atom. The van der Waals surface area contributed by atoms with Gasteiger partial charge in [-0.1, -0.05) is 18.2 Å². The highest BCUT2D eigenvalue weighted by atomic mass is 127. The lowest BCUT2D eigenvalue weighted by Crippen LogP contribution is -2.11. The van der Waals surface area contributed by atoms with Crippen LogP contribution in [-0.4, -0.2) is 6.54 Å². The lowest BCUT2D eigenvalue weighted by atomic mass is 9.96. The van der Waals surface area contributed by atoms with Gasteiger partial charge in [0.15, 0.2) is 0 Å². The lowest BCUT2D eigenvalue weighted by Gasteiger charge is -2.12. The van der Waals surface area contributed by atoms with Gasteiger partial charge in [0.1, 0.15) is 0 Å². The summed E-state index contributed by atoms with van der Waals surface area (Å²) in [5, 5.41) is 0. The number of halogens is 1. The SMILES string of the molecule is C=CC[C@H](CN)c1ccc(I)cc1. The minimum absolute atomic E-state index is 0.425. The molecule has 1 rings (SSSR count). The standard InChI is InChI=1S/C11H14IN/c1-2-3-10(8-13)9-4-6-11(12)7-5-9/h2,4-7,10H,1,3,8,13H2/t10-/m1/s1. The second kappa shape index (κ2) is 5.40. The van der Waals surface area contributed by atoms with Crippen molar-refractivity contribution in [1.82, 2.24) is 0 Å². The zero-order chi connectivity index (χ0) is 9.68.